The van der Waals surface area contributed by atoms with Crippen LogP contribution in [-0.4, -0.2) is 46.8 Å². The van der Waals surface area contributed by atoms with E-state index in [0.29, 0.717) is 41.7 Å². The van der Waals surface area contributed by atoms with Gasteiger partial charge in [-0.3, -0.25) is 9.59 Å². The number of allylic oxidation sites excluding steroid dienone is 1. The highest BCUT2D eigenvalue weighted by Gasteiger charge is 2.42. The van der Waals surface area contributed by atoms with Crippen molar-refractivity contribution in [3.05, 3.63) is 53.6 Å². The van der Waals surface area contributed by atoms with E-state index in [1.807, 2.05) is 24.3 Å². The van der Waals surface area contributed by atoms with Crippen molar-refractivity contribution < 1.29 is 28.5 Å². The molecule has 0 spiro atoms. The Balaban J connectivity index is 1.69. The smallest absolute Gasteiger partial charge is 0.227 e. The molecule has 0 saturated carbocycles. The first-order valence-corrected chi connectivity index (χ1v) is 13.2. The highest BCUT2D eigenvalue weighted by molar-refractivity contribution is 5.98. The predicted molar refractivity (Wildman–Crippen MR) is 146 cm³/mol. The van der Waals surface area contributed by atoms with E-state index >= 15 is 0 Å². The van der Waals surface area contributed by atoms with Crippen LogP contribution in [0.3, 0.4) is 0 Å². The van der Waals surface area contributed by atoms with Crippen molar-refractivity contribution in [1.82, 2.24) is 5.32 Å². The first-order chi connectivity index (χ1) is 18.5. The summed E-state index contributed by atoms with van der Waals surface area (Å²) in [5.41, 5.74) is 2.85. The Morgan fingerprint density at radius 3 is 2.24 bits per heavy atom. The minimum atomic E-state index is -0.515. The van der Waals surface area contributed by atoms with Gasteiger partial charge in [-0.15, -0.1) is 0 Å². The highest BCUT2D eigenvalue weighted by Crippen LogP contribution is 2.46. The number of methoxy groups -OCH3 is 4. The highest BCUT2D eigenvalue weighted by atomic mass is 16.5. The third-order valence-corrected chi connectivity index (χ3v) is 7.45. The van der Waals surface area contributed by atoms with Crippen LogP contribution in [0.15, 0.2) is 48.0 Å². The molecule has 0 bridgehead atoms. The fourth-order valence-corrected chi connectivity index (χ4v) is 5.47. The van der Waals surface area contributed by atoms with E-state index in [0.717, 1.165) is 24.8 Å². The third kappa shape index (κ3) is 5.90. The van der Waals surface area contributed by atoms with E-state index in [2.05, 4.69) is 11.4 Å². The van der Waals surface area contributed by atoms with Crippen molar-refractivity contribution in [1.29, 1.82) is 0 Å². The molecule has 2 atom stereocenters. The zero-order valence-electron chi connectivity index (χ0n) is 22.7. The summed E-state index contributed by atoms with van der Waals surface area (Å²) in [5.74, 6) is 1.47. The van der Waals surface area contributed by atoms with Gasteiger partial charge < -0.3 is 29.2 Å². The number of carbonyl (C=O) groups excluding carboxylic acids is 2. The van der Waals surface area contributed by atoms with Crippen molar-refractivity contribution in [2.75, 3.05) is 39.9 Å². The van der Waals surface area contributed by atoms with Crippen LogP contribution in [-0.2, 0) is 9.59 Å². The zero-order chi connectivity index (χ0) is 27.1. The molecule has 8 nitrogen and oxygen atoms in total. The molecule has 204 valence electrons. The van der Waals surface area contributed by atoms with Gasteiger partial charge in [-0.25, -0.2) is 0 Å². The van der Waals surface area contributed by atoms with E-state index in [-0.39, 0.29) is 18.2 Å². The molecule has 2 aromatic rings. The van der Waals surface area contributed by atoms with Crippen LogP contribution in [0, 0.1) is 5.92 Å². The van der Waals surface area contributed by atoms with Crippen molar-refractivity contribution in [3.63, 3.8) is 0 Å². The van der Waals surface area contributed by atoms with Crippen molar-refractivity contribution in [3.8, 4) is 23.0 Å². The number of carbonyl (C=O) groups is 2. The second-order valence-corrected chi connectivity index (χ2v) is 9.66. The van der Waals surface area contributed by atoms with E-state index in [1.54, 1.807) is 24.1 Å². The minimum Gasteiger partial charge on any atom is -0.497 e. The molecule has 1 saturated heterocycles. The van der Waals surface area contributed by atoms with Gasteiger partial charge in [0.1, 0.15) is 5.75 Å². The van der Waals surface area contributed by atoms with Gasteiger partial charge in [0.15, 0.2) is 11.5 Å². The molecule has 1 aliphatic carbocycles. The van der Waals surface area contributed by atoms with Crippen molar-refractivity contribution >= 4 is 17.5 Å². The van der Waals surface area contributed by atoms with Gasteiger partial charge in [0.2, 0.25) is 17.6 Å². The Bertz CT molecular complexity index is 1130. The molecular weight excluding hydrogens is 484 g/mol. The zero-order valence-corrected chi connectivity index (χ0v) is 22.7. The number of piperidine rings is 1. The van der Waals surface area contributed by atoms with Gasteiger partial charge in [-0.1, -0.05) is 23.8 Å². The Labute approximate surface area is 224 Å². The van der Waals surface area contributed by atoms with Crippen LogP contribution in [0.5, 0.6) is 23.0 Å². The summed E-state index contributed by atoms with van der Waals surface area (Å²) in [6, 6.07) is 10.5. The van der Waals surface area contributed by atoms with Gasteiger partial charge in [0, 0.05) is 25.1 Å². The summed E-state index contributed by atoms with van der Waals surface area (Å²) in [6.45, 7) is 0.592. The number of amides is 2. The average molecular weight is 523 g/mol. The number of rotatable bonds is 10. The van der Waals surface area contributed by atoms with Gasteiger partial charge in [-0.05, 0) is 56.2 Å². The Morgan fingerprint density at radius 1 is 0.947 bits per heavy atom. The molecule has 4 rings (SSSR count). The number of nitrogens with one attached hydrogen (secondary N) is 1. The fourth-order valence-electron chi connectivity index (χ4n) is 5.47. The summed E-state index contributed by atoms with van der Waals surface area (Å²) in [7, 11) is 6.23. The number of anilines is 1. The maximum absolute atomic E-state index is 13.6. The van der Waals surface area contributed by atoms with Crippen LogP contribution >= 0.6 is 0 Å². The molecule has 38 heavy (non-hydrogen) atoms. The Kier molecular flexibility index (Phi) is 9.15. The first-order valence-electron chi connectivity index (χ1n) is 13.2. The van der Waals surface area contributed by atoms with Gasteiger partial charge in [0.05, 0.1) is 46.1 Å². The molecule has 1 aliphatic heterocycles. The number of ether oxygens (including phenoxy) is 4. The summed E-state index contributed by atoms with van der Waals surface area (Å²) in [5, 5.41) is 3.16. The number of nitrogens with zero attached hydrogens (tertiary/aromatic N) is 1. The Hall–Kier alpha value is -3.68. The number of hydrogen-bond acceptors (Lipinski definition) is 6. The summed E-state index contributed by atoms with van der Waals surface area (Å²) in [6.07, 6.45) is 8.58. The van der Waals surface area contributed by atoms with Gasteiger partial charge in [0.25, 0.3) is 0 Å². The van der Waals surface area contributed by atoms with Crippen LogP contribution in [0.25, 0.3) is 0 Å². The molecule has 0 aromatic heterocycles. The normalized spacial score (nSPS) is 19.4. The molecule has 8 heteroatoms. The minimum absolute atomic E-state index is 0.0489. The molecule has 0 unspecified atom stereocenters. The summed E-state index contributed by atoms with van der Waals surface area (Å²) >= 11 is 0. The molecule has 2 aliphatic rings. The van der Waals surface area contributed by atoms with E-state index in [9.17, 15) is 9.59 Å². The van der Waals surface area contributed by atoms with Crippen LogP contribution in [0.4, 0.5) is 5.69 Å². The lowest BCUT2D eigenvalue weighted by atomic mass is 9.83. The third-order valence-electron chi connectivity index (χ3n) is 7.45. The van der Waals surface area contributed by atoms with Gasteiger partial charge in [-0.2, -0.15) is 0 Å². The molecule has 2 aromatic carbocycles. The second kappa shape index (κ2) is 12.7. The maximum Gasteiger partial charge on any atom is 0.227 e. The standard InChI is InChI=1S/C30H38N2O6/c1-35-23-12-10-21(11-13-23)28-24(30(34)31-17-16-20-8-6-5-7-9-20)14-15-27(33)32(28)22-18-25(36-2)29(38-4)26(19-22)37-3/h8,10-13,18-19,24,28H,5-7,9,14-17H2,1-4H3,(H,31,34)/t24-,28-/m1/s1. The van der Waals surface area contributed by atoms with Crippen LogP contribution in [0.2, 0.25) is 0 Å². The second-order valence-electron chi connectivity index (χ2n) is 9.66. The van der Waals surface area contributed by atoms with E-state index < -0.39 is 12.0 Å². The monoisotopic (exact) mass is 522 g/mol. The quantitative estimate of drug-likeness (QED) is 0.431. The summed E-state index contributed by atoms with van der Waals surface area (Å²) in [4.78, 5) is 28.8. The molecular formula is C30H38N2O6. The molecule has 0 radical (unpaired) electrons. The average Bonchev–Trinajstić information content (AvgIpc) is 2.96. The first kappa shape index (κ1) is 27.4. The lowest BCUT2D eigenvalue weighted by molar-refractivity contribution is -0.129. The largest absolute Gasteiger partial charge is 0.497 e. The van der Waals surface area contributed by atoms with E-state index in [4.69, 9.17) is 18.9 Å². The maximum atomic E-state index is 13.6. The van der Waals surface area contributed by atoms with Crippen molar-refractivity contribution in [2.45, 2.75) is 51.0 Å². The predicted octanol–water partition coefficient (Wildman–Crippen LogP) is 5.21. The van der Waals surface area contributed by atoms with Crippen molar-refractivity contribution in [2.24, 2.45) is 5.92 Å². The van der Waals surface area contributed by atoms with Crippen LogP contribution in [0.1, 0.15) is 56.6 Å². The molecule has 2 amide bonds. The molecule has 1 fully saturated rings. The number of hydrogen-bond donors (Lipinski definition) is 1. The number of benzene rings is 2. The Morgan fingerprint density at radius 2 is 1.66 bits per heavy atom. The lowest BCUT2D eigenvalue weighted by Gasteiger charge is -2.41. The molecule has 1 heterocycles. The van der Waals surface area contributed by atoms with Crippen LogP contribution < -0.4 is 29.2 Å². The fraction of sp³-hybridized carbons (Fsp3) is 0.467. The van der Waals surface area contributed by atoms with E-state index in [1.165, 1.54) is 39.7 Å². The van der Waals surface area contributed by atoms with Gasteiger partial charge >= 0.3 is 0 Å². The topological polar surface area (TPSA) is 86.3 Å². The molecule has 1 N–H and O–H groups in total. The SMILES string of the molecule is COc1ccc([C@@H]2[C@H](C(=O)NCCC3=CCCCC3)CCC(=O)N2c2cc(OC)c(OC)c(OC)c2)cc1. The lowest BCUT2D eigenvalue weighted by Crippen LogP contribution is -2.48. The summed E-state index contributed by atoms with van der Waals surface area (Å²) < 4.78 is 21.9.